The molecule has 1 aromatic heterocycles. The van der Waals surface area contributed by atoms with Crippen LogP contribution >= 0.6 is 11.6 Å². The van der Waals surface area contributed by atoms with E-state index in [2.05, 4.69) is 20.2 Å². The molecule has 5 rings (SSSR count). The minimum atomic E-state index is -1.02. The average Bonchev–Trinajstić information content (AvgIpc) is 3.19. The zero-order chi connectivity index (χ0) is 24.4. The summed E-state index contributed by atoms with van der Waals surface area (Å²) in [5.74, 6) is 0.764. The Labute approximate surface area is 211 Å². The molecular formula is C26H33ClFN5O2. The van der Waals surface area contributed by atoms with Gasteiger partial charge in [0.2, 0.25) is 5.91 Å². The van der Waals surface area contributed by atoms with Crippen LogP contribution in [0.15, 0.2) is 30.6 Å². The third kappa shape index (κ3) is 5.29. The first-order chi connectivity index (χ1) is 17.0. The van der Waals surface area contributed by atoms with Crippen molar-refractivity contribution < 1.29 is 13.9 Å². The molecule has 0 unspecified atom stereocenters. The number of aromatic nitrogens is 2. The predicted molar refractivity (Wildman–Crippen MR) is 134 cm³/mol. The number of ether oxygens (including phenoxy) is 1. The van der Waals surface area contributed by atoms with Crippen LogP contribution in [0.3, 0.4) is 0 Å². The van der Waals surface area contributed by atoms with Crippen molar-refractivity contribution in [2.75, 3.05) is 50.8 Å². The van der Waals surface area contributed by atoms with E-state index in [4.69, 9.17) is 16.3 Å². The number of nitrogens with one attached hydrogen (secondary N) is 1. The first kappa shape index (κ1) is 24.4. The number of anilines is 1. The average molecular weight is 502 g/mol. The topological polar surface area (TPSA) is 70.6 Å². The number of piperazine rings is 1. The van der Waals surface area contributed by atoms with Crippen LogP contribution in [0.5, 0.6) is 0 Å². The molecule has 3 heterocycles. The monoisotopic (exact) mass is 501 g/mol. The summed E-state index contributed by atoms with van der Waals surface area (Å²) >= 11 is 6.11. The van der Waals surface area contributed by atoms with E-state index in [1.54, 1.807) is 0 Å². The molecule has 7 nitrogen and oxygen atoms in total. The van der Waals surface area contributed by atoms with Gasteiger partial charge in [0.15, 0.2) is 0 Å². The van der Waals surface area contributed by atoms with Crippen LogP contribution < -0.4 is 10.2 Å². The lowest BCUT2D eigenvalue weighted by Crippen LogP contribution is -2.51. The molecule has 3 atom stereocenters. The summed E-state index contributed by atoms with van der Waals surface area (Å²) in [5.41, 5.74) is 2.43. The number of nitrogens with zero attached hydrogens (tertiary/aromatic N) is 4. The van der Waals surface area contributed by atoms with Gasteiger partial charge >= 0.3 is 0 Å². The molecule has 9 heteroatoms. The zero-order valence-corrected chi connectivity index (χ0v) is 20.9. The minimum Gasteiger partial charge on any atom is -0.381 e. The van der Waals surface area contributed by atoms with Gasteiger partial charge in [-0.05, 0) is 42.9 Å². The van der Waals surface area contributed by atoms with Crippen molar-refractivity contribution in [3.05, 3.63) is 52.4 Å². The van der Waals surface area contributed by atoms with Crippen LogP contribution in [0.4, 0.5) is 10.2 Å². The van der Waals surface area contributed by atoms with Gasteiger partial charge in [-0.3, -0.25) is 4.79 Å². The Bertz CT molecular complexity index is 1020. The number of carbonyl (C=O) groups excluding carboxylic acids is 1. The van der Waals surface area contributed by atoms with E-state index in [1.807, 2.05) is 36.1 Å². The summed E-state index contributed by atoms with van der Waals surface area (Å²) < 4.78 is 19.9. The third-order valence-corrected chi connectivity index (χ3v) is 7.79. The van der Waals surface area contributed by atoms with Crippen LogP contribution in [0.25, 0.3) is 0 Å². The standard InChI is InChI=1S/C26H33ClFN5O2/c1-17-14-22(28)24-23(17)25(31-16-30-24)32-8-10-33(11-9-32)26(34)21(18-2-4-19(27)5-3-18)15-29-20-6-12-35-13-7-20/h2-5,16-17,20-22,29H,6-15H2,1H3/t17-,21-,22+/m1/s1. The molecule has 2 aromatic rings. The van der Waals surface area contributed by atoms with Crippen molar-refractivity contribution >= 4 is 23.3 Å². The van der Waals surface area contributed by atoms with Crippen molar-refractivity contribution in [2.45, 2.75) is 50.2 Å². The Hall–Kier alpha value is -2.29. The normalized spacial score (nSPS) is 23.9. The molecule has 35 heavy (non-hydrogen) atoms. The number of amides is 1. The molecule has 2 saturated heterocycles. The highest BCUT2D eigenvalue weighted by molar-refractivity contribution is 6.30. The van der Waals surface area contributed by atoms with Gasteiger partial charge in [-0.25, -0.2) is 14.4 Å². The van der Waals surface area contributed by atoms with Gasteiger partial charge in [0, 0.05) is 62.6 Å². The Balaban J connectivity index is 1.27. The summed E-state index contributed by atoms with van der Waals surface area (Å²) in [7, 11) is 0. The molecule has 0 spiro atoms. The molecule has 0 bridgehead atoms. The first-order valence-electron chi connectivity index (χ1n) is 12.6. The molecule has 2 fully saturated rings. The third-order valence-electron chi connectivity index (χ3n) is 7.54. The van der Waals surface area contributed by atoms with Crippen molar-refractivity contribution in [1.82, 2.24) is 20.2 Å². The number of hydrogen-bond acceptors (Lipinski definition) is 6. The number of rotatable bonds is 6. The Morgan fingerprint density at radius 3 is 2.60 bits per heavy atom. The van der Waals surface area contributed by atoms with E-state index in [0.29, 0.717) is 55.9 Å². The number of halogens is 2. The van der Waals surface area contributed by atoms with E-state index >= 15 is 0 Å². The summed E-state index contributed by atoms with van der Waals surface area (Å²) in [6.07, 6.45) is 2.83. The van der Waals surface area contributed by atoms with Crippen LogP contribution in [-0.4, -0.2) is 72.8 Å². The lowest BCUT2D eigenvalue weighted by atomic mass is 9.96. The maximum atomic E-state index is 14.4. The number of carbonyl (C=O) groups is 1. The number of hydrogen-bond donors (Lipinski definition) is 1. The first-order valence-corrected chi connectivity index (χ1v) is 13.0. The Kier molecular flexibility index (Phi) is 7.51. The fourth-order valence-corrected chi connectivity index (χ4v) is 5.63. The molecule has 1 aliphatic carbocycles. The smallest absolute Gasteiger partial charge is 0.231 e. The van der Waals surface area contributed by atoms with Gasteiger partial charge < -0.3 is 19.9 Å². The van der Waals surface area contributed by atoms with E-state index in [1.165, 1.54) is 6.33 Å². The predicted octanol–water partition coefficient (Wildman–Crippen LogP) is 3.85. The van der Waals surface area contributed by atoms with Gasteiger partial charge in [0.05, 0.1) is 11.6 Å². The fraction of sp³-hybridized carbons (Fsp3) is 0.577. The van der Waals surface area contributed by atoms with Gasteiger partial charge in [0.1, 0.15) is 18.3 Å². The van der Waals surface area contributed by atoms with E-state index in [9.17, 15) is 9.18 Å². The van der Waals surface area contributed by atoms with Gasteiger partial charge in [-0.15, -0.1) is 0 Å². The summed E-state index contributed by atoms with van der Waals surface area (Å²) in [6.45, 7) is 6.67. The quantitative estimate of drug-likeness (QED) is 0.648. The van der Waals surface area contributed by atoms with Crippen molar-refractivity contribution in [3.63, 3.8) is 0 Å². The van der Waals surface area contributed by atoms with Crippen LogP contribution in [0.1, 0.15) is 61.0 Å². The van der Waals surface area contributed by atoms with Gasteiger partial charge in [-0.2, -0.15) is 0 Å². The van der Waals surface area contributed by atoms with Crippen LogP contribution in [-0.2, 0) is 9.53 Å². The second-order valence-electron chi connectivity index (χ2n) is 9.81. The number of fused-ring (bicyclic) bond motifs is 1. The highest BCUT2D eigenvalue weighted by atomic mass is 35.5. The van der Waals surface area contributed by atoms with E-state index in [0.717, 1.165) is 43.0 Å². The lowest BCUT2D eigenvalue weighted by Gasteiger charge is -2.38. The largest absolute Gasteiger partial charge is 0.381 e. The minimum absolute atomic E-state index is 0.0985. The second kappa shape index (κ2) is 10.8. The molecule has 1 N–H and O–H groups in total. The lowest BCUT2D eigenvalue weighted by molar-refractivity contribution is -0.133. The maximum Gasteiger partial charge on any atom is 0.231 e. The highest BCUT2D eigenvalue weighted by Gasteiger charge is 2.36. The summed E-state index contributed by atoms with van der Waals surface area (Å²) in [6, 6.07) is 7.96. The van der Waals surface area contributed by atoms with E-state index < -0.39 is 6.17 Å². The zero-order valence-electron chi connectivity index (χ0n) is 20.1. The number of alkyl halides is 1. The Morgan fingerprint density at radius 2 is 1.89 bits per heavy atom. The molecule has 0 radical (unpaired) electrons. The van der Waals surface area contributed by atoms with Gasteiger partial charge in [0.25, 0.3) is 0 Å². The molecular weight excluding hydrogens is 469 g/mol. The molecule has 3 aliphatic rings. The highest BCUT2D eigenvalue weighted by Crippen LogP contribution is 2.44. The van der Waals surface area contributed by atoms with E-state index in [-0.39, 0.29) is 17.7 Å². The maximum absolute atomic E-state index is 14.4. The van der Waals surface area contributed by atoms with Crippen LogP contribution in [0.2, 0.25) is 5.02 Å². The fourth-order valence-electron chi connectivity index (χ4n) is 5.50. The number of benzene rings is 1. The summed E-state index contributed by atoms with van der Waals surface area (Å²) in [4.78, 5) is 26.6. The molecule has 1 amide bonds. The SMILES string of the molecule is C[C@@H]1C[C@H](F)c2ncnc(N3CCN(C(=O)[C@H](CNC4CCOCC4)c4ccc(Cl)cc4)CC3)c21. The molecule has 2 aliphatic heterocycles. The van der Waals surface area contributed by atoms with Crippen molar-refractivity contribution in [3.8, 4) is 0 Å². The molecule has 0 saturated carbocycles. The molecule has 188 valence electrons. The molecule has 1 aromatic carbocycles. The summed E-state index contributed by atoms with van der Waals surface area (Å²) in [5, 5.41) is 4.26. The van der Waals surface area contributed by atoms with Crippen molar-refractivity contribution in [2.24, 2.45) is 0 Å². The second-order valence-corrected chi connectivity index (χ2v) is 10.2. The van der Waals surface area contributed by atoms with Crippen LogP contribution in [0, 0.1) is 0 Å². The Morgan fingerprint density at radius 1 is 1.17 bits per heavy atom. The van der Waals surface area contributed by atoms with Gasteiger partial charge in [-0.1, -0.05) is 30.7 Å². The van der Waals surface area contributed by atoms with Crippen molar-refractivity contribution in [1.29, 1.82) is 0 Å².